The van der Waals surface area contributed by atoms with Gasteiger partial charge >= 0.3 is 7.60 Å². The molecule has 1 aliphatic heterocycles. The molecule has 1 N–H and O–H groups in total. The van der Waals surface area contributed by atoms with Gasteiger partial charge in [0.1, 0.15) is 6.33 Å². The van der Waals surface area contributed by atoms with Gasteiger partial charge in [-0.1, -0.05) is 25.1 Å². The summed E-state index contributed by atoms with van der Waals surface area (Å²) < 4.78 is 44.5. The van der Waals surface area contributed by atoms with Crippen molar-refractivity contribution in [1.29, 1.82) is 0 Å². The van der Waals surface area contributed by atoms with Crippen LogP contribution in [-0.4, -0.2) is 51.9 Å². The van der Waals surface area contributed by atoms with Gasteiger partial charge in [0.2, 0.25) is 0 Å². The number of nitrogens with zero attached hydrogens (tertiary/aromatic N) is 4. The number of hydrogen-bond donors (Lipinski definition) is 1. The average Bonchev–Trinajstić information content (AvgIpc) is 3.40. The first-order valence-corrected chi connectivity index (χ1v) is 11.7. The quantitative estimate of drug-likeness (QED) is 0.511. The molecule has 3 heterocycles. The van der Waals surface area contributed by atoms with E-state index >= 15 is 4.39 Å². The van der Waals surface area contributed by atoms with Crippen LogP contribution in [0.2, 0.25) is 0 Å². The molecular weight excluding hydrogens is 452 g/mol. The van der Waals surface area contributed by atoms with Crippen molar-refractivity contribution in [2.45, 2.75) is 25.4 Å². The number of halogens is 1. The molecule has 1 aliphatic rings. The molecule has 0 saturated carbocycles. The van der Waals surface area contributed by atoms with Crippen molar-refractivity contribution in [2.75, 3.05) is 19.5 Å². The van der Waals surface area contributed by atoms with Crippen molar-refractivity contribution in [3.8, 4) is 0 Å². The minimum Gasteiger partial charge on any atom is -0.347 e. The Morgan fingerprint density at radius 3 is 2.64 bits per heavy atom. The fourth-order valence-corrected chi connectivity index (χ4v) is 4.30. The van der Waals surface area contributed by atoms with E-state index in [1.807, 2.05) is 6.07 Å². The smallest absolute Gasteiger partial charge is 0.347 e. The number of amides is 1. The van der Waals surface area contributed by atoms with Gasteiger partial charge in [-0.3, -0.25) is 13.9 Å². The maximum atomic E-state index is 15.2. The third kappa shape index (κ3) is 4.58. The number of carbonyl (C=O) groups is 1. The lowest BCUT2D eigenvalue weighted by molar-refractivity contribution is -0.0000999. The number of rotatable bonds is 7. The molecule has 1 fully saturated rings. The van der Waals surface area contributed by atoms with Crippen molar-refractivity contribution in [3.63, 3.8) is 0 Å². The van der Waals surface area contributed by atoms with Crippen LogP contribution in [-0.2, 0) is 18.3 Å². The van der Waals surface area contributed by atoms with Crippen molar-refractivity contribution in [2.24, 2.45) is 5.92 Å². The second-order valence-corrected chi connectivity index (χ2v) is 9.52. The number of nitrogens with one attached hydrogen (secondary N) is 1. The number of alkyl halides is 1. The van der Waals surface area contributed by atoms with E-state index in [1.54, 1.807) is 31.2 Å². The summed E-state index contributed by atoms with van der Waals surface area (Å²) in [6.07, 6.45) is 1.01. The third-order valence-electron chi connectivity index (χ3n) is 5.46. The van der Waals surface area contributed by atoms with Crippen molar-refractivity contribution in [3.05, 3.63) is 60.4 Å². The fourth-order valence-electron chi connectivity index (χ4n) is 3.53. The van der Waals surface area contributed by atoms with Gasteiger partial charge in [0.05, 0.1) is 12.4 Å². The van der Waals surface area contributed by atoms with Crippen molar-refractivity contribution >= 4 is 30.5 Å². The van der Waals surface area contributed by atoms with Gasteiger partial charge in [0.25, 0.3) is 5.91 Å². The predicted octanol–water partition coefficient (Wildman–Crippen LogP) is 3.95. The first-order valence-electron chi connectivity index (χ1n) is 10.1. The predicted molar refractivity (Wildman–Crippen MR) is 118 cm³/mol. The minimum absolute atomic E-state index is 0.201. The van der Waals surface area contributed by atoms with Gasteiger partial charge in [0, 0.05) is 31.5 Å². The van der Waals surface area contributed by atoms with Crippen LogP contribution >= 0.6 is 7.60 Å². The molecule has 1 amide bonds. The zero-order chi connectivity index (χ0) is 23.6. The second-order valence-electron chi connectivity index (χ2n) is 7.41. The molecule has 4 rings (SSSR count). The van der Waals surface area contributed by atoms with E-state index in [0.717, 1.165) is 0 Å². The Morgan fingerprint density at radius 2 is 1.94 bits per heavy atom. The van der Waals surface area contributed by atoms with E-state index < -0.39 is 32.0 Å². The lowest BCUT2D eigenvalue weighted by atomic mass is 10.0. The van der Waals surface area contributed by atoms with Gasteiger partial charge in [-0.25, -0.2) is 19.3 Å². The average molecular weight is 475 g/mol. The molecule has 1 aromatic carbocycles. The van der Waals surface area contributed by atoms with Crippen LogP contribution in [0.5, 0.6) is 0 Å². The van der Waals surface area contributed by atoms with Crippen LogP contribution in [0.4, 0.5) is 10.2 Å². The Bertz CT molecular complexity index is 1210. The van der Waals surface area contributed by atoms with Gasteiger partial charge in [0.15, 0.2) is 29.4 Å². The topological polar surface area (TPSA) is 117 Å². The largest absolute Gasteiger partial charge is 0.353 e. The number of fused-ring (bicyclic) bond motifs is 1. The van der Waals surface area contributed by atoms with E-state index in [1.165, 1.54) is 43.3 Å². The maximum Gasteiger partial charge on any atom is 0.353 e. The Morgan fingerprint density at radius 1 is 1.21 bits per heavy atom. The minimum atomic E-state index is -3.41. The highest BCUT2D eigenvalue weighted by molar-refractivity contribution is 7.57. The van der Waals surface area contributed by atoms with E-state index in [2.05, 4.69) is 20.3 Å². The molecule has 0 bridgehead atoms. The summed E-state index contributed by atoms with van der Waals surface area (Å²) in [5, 5.41) is 2.71. The zero-order valence-corrected chi connectivity index (χ0v) is 19.1. The summed E-state index contributed by atoms with van der Waals surface area (Å²) >= 11 is 0. The highest BCUT2D eigenvalue weighted by atomic mass is 31.2. The van der Waals surface area contributed by atoms with Gasteiger partial charge in [-0.15, -0.1) is 0 Å². The molecule has 0 unspecified atom stereocenters. The summed E-state index contributed by atoms with van der Waals surface area (Å²) in [7, 11) is -0.880. The maximum absolute atomic E-state index is 15.2. The third-order valence-corrected chi connectivity index (χ3v) is 7.01. The summed E-state index contributed by atoms with van der Waals surface area (Å²) in [6, 6.07) is 8.66. The van der Waals surface area contributed by atoms with Crippen LogP contribution < -0.4 is 5.32 Å². The second kappa shape index (κ2) is 9.48. The lowest BCUT2D eigenvalue weighted by Gasteiger charge is -2.15. The molecule has 10 nitrogen and oxygen atoms in total. The molecule has 33 heavy (non-hydrogen) atoms. The van der Waals surface area contributed by atoms with E-state index in [-0.39, 0.29) is 11.7 Å². The molecule has 2 aromatic heterocycles. The molecule has 12 heteroatoms. The highest BCUT2D eigenvalue weighted by Crippen LogP contribution is 2.49. The molecule has 3 aromatic rings. The van der Waals surface area contributed by atoms with Crippen molar-refractivity contribution in [1.82, 2.24) is 19.5 Å². The SMILES string of the molecule is COP(=O)(/C=C/[C@H]1O[C@@H](n2cnc3c(NC(=O)c4ccccc4)ncnc32)[C@@H](F)[C@@H]1C)OC. The number of imidazole rings is 1. The highest BCUT2D eigenvalue weighted by Gasteiger charge is 2.43. The van der Waals surface area contributed by atoms with Crippen molar-refractivity contribution < 1.29 is 27.5 Å². The van der Waals surface area contributed by atoms with E-state index in [0.29, 0.717) is 16.7 Å². The zero-order valence-electron chi connectivity index (χ0n) is 18.2. The number of carbonyl (C=O) groups excluding carboxylic acids is 1. The number of aromatic nitrogens is 4. The number of benzene rings is 1. The van der Waals surface area contributed by atoms with Crippen LogP contribution in [0.25, 0.3) is 11.2 Å². The first-order chi connectivity index (χ1) is 15.9. The Kier molecular flexibility index (Phi) is 6.66. The first kappa shape index (κ1) is 23.2. The number of anilines is 1. The normalized spacial score (nSPS) is 23.4. The summed E-state index contributed by atoms with van der Waals surface area (Å²) in [4.78, 5) is 25.1. The summed E-state index contributed by atoms with van der Waals surface area (Å²) in [6.45, 7) is 1.68. The molecule has 174 valence electrons. The molecule has 0 spiro atoms. The Hall–Kier alpha value is -2.98. The van der Waals surface area contributed by atoms with Gasteiger partial charge < -0.3 is 19.1 Å². The fraction of sp³-hybridized carbons (Fsp3) is 0.333. The standard InChI is InChI=1S/C21H23FN5O5P/c1-13-15(9-10-33(29,30-2)31-3)32-21(16(13)22)27-12-25-17-18(23-11-24-19(17)27)26-20(28)14-7-5-4-6-8-14/h4-13,15-16,21H,1-3H3,(H,23,24,26,28)/b10-9+/t13-,15-,16+,21-/m1/s1. The molecule has 0 radical (unpaired) electrons. The lowest BCUT2D eigenvalue weighted by Crippen LogP contribution is -2.19. The number of hydrogen-bond acceptors (Lipinski definition) is 8. The summed E-state index contributed by atoms with van der Waals surface area (Å²) in [5.41, 5.74) is 1.06. The monoisotopic (exact) mass is 475 g/mol. The van der Waals surface area contributed by atoms with Gasteiger partial charge in [-0.2, -0.15) is 0 Å². The van der Waals surface area contributed by atoms with E-state index in [9.17, 15) is 9.36 Å². The molecular formula is C21H23FN5O5P. The Balaban J connectivity index is 1.59. The Labute approximate surface area is 189 Å². The molecule has 1 saturated heterocycles. The molecule has 0 aliphatic carbocycles. The van der Waals surface area contributed by atoms with Gasteiger partial charge in [-0.05, 0) is 18.2 Å². The van der Waals surface area contributed by atoms with Crippen LogP contribution in [0.3, 0.4) is 0 Å². The number of ether oxygens (including phenoxy) is 1. The van der Waals surface area contributed by atoms with Crippen LogP contribution in [0, 0.1) is 5.92 Å². The van der Waals surface area contributed by atoms with Crippen LogP contribution in [0.15, 0.2) is 54.9 Å². The summed E-state index contributed by atoms with van der Waals surface area (Å²) in [5.74, 6) is 0.552. The van der Waals surface area contributed by atoms with E-state index in [4.69, 9.17) is 13.8 Å². The molecule has 4 atom stereocenters. The van der Waals surface area contributed by atoms with Crippen LogP contribution in [0.1, 0.15) is 23.5 Å².